The molecular weight excluding hydrogens is 410 g/mol. The maximum Gasteiger partial charge on any atom is 0.272 e. The summed E-state index contributed by atoms with van der Waals surface area (Å²) in [6, 6.07) is 17.2. The van der Waals surface area contributed by atoms with E-state index < -0.39 is 0 Å². The number of carbonyl (C=O) groups is 1. The number of benzene rings is 1. The van der Waals surface area contributed by atoms with Crippen LogP contribution in [0.4, 0.5) is 0 Å². The molecule has 0 unspecified atom stereocenters. The van der Waals surface area contributed by atoms with Gasteiger partial charge in [-0.1, -0.05) is 29.8 Å². The first kappa shape index (κ1) is 18.8. The van der Waals surface area contributed by atoms with Crippen LogP contribution in [0.3, 0.4) is 0 Å². The second-order valence-electron chi connectivity index (χ2n) is 6.22. The Hall–Kier alpha value is -2.54. The van der Waals surface area contributed by atoms with E-state index in [0.717, 1.165) is 26.4 Å². The van der Waals surface area contributed by atoms with Gasteiger partial charge in [-0.25, -0.2) is 10.4 Å². The van der Waals surface area contributed by atoms with Crippen molar-refractivity contribution in [3.63, 3.8) is 0 Å². The number of thiophene rings is 2. The molecule has 1 amide bonds. The van der Waals surface area contributed by atoms with Gasteiger partial charge < -0.3 is 0 Å². The Morgan fingerprint density at radius 2 is 1.93 bits per heavy atom. The van der Waals surface area contributed by atoms with Gasteiger partial charge in [0.2, 0.25) is 0 Å². The van der Waals surface area contributed by atoms with Gasteiger partial charge in [-0.15, -0.1) is 22.7 Å². The van der Waals surface area contributed by atoms with E-state index in [0.29, 0.717) is 15.6 Å². The van der Waals surface area contributed by atoms with Crippen molar-refractivity contribution in [1.82, 2.24) is 10.4 Å². The molecule has 0 bridgehead atoms. The van der Waals surface area contributed by atoms with E-state index in [1.165, 1.54) is 16.2 Å². The highest BCUT2D eigenvalue weighted by molar-refractivity contribution is 7.18. The lowest BCUT2D eigenvalue weighted by Gasteiger charge is -2.08. The number of fused-ring (bicyclic) bond motifs is 1. The van der Waals surface area contributed by atoms with Crippen LogP contribution in [0.15, 0.2) is 59.7 Å². The number of hydrogen-bond donors (Lipinski definition) is 1. The Morgan fingerprint density at radius 3 is 2.64 bits per heavy atom. The van der Waals surface area contributed by atoms with Crippen molar-refractivity contribution in [3.05, 3.63) is 74.3 Å². The zero-order chi connectivity index (χ0) is 19.7. The first-order valence-electron chi connectivity index (χ1n) is 8.58. The lowest BCUT2D eigenvalue weighted by molar-refractivity contribution is 0.0956. The zero-order valence-corrected chi connectivity index (χ0v) is 17.6. The molecule has 4 nitrogen and oxygen atoms in total. The average Bonchev–Trinajstić information content (AvgIpc) is 3.33. The second-order valence-corrected chi connectivity index (χ2v) is 9.23. The standard InChI is InChI=1S/C21H16ClN3OS2/c1-12-7-8-19(27-12)17-11-15(14-5-3-4-6-16(14)23-17)21(26)25-24-13(2)18-9-10-20(22)28-18/h3-11H,1-2H3,(H,25,26). The highest BCUT2D eigenvalue weighted by atomic mass is 35.5. The molecule has 0 radical (unpaired) electrons. The zero-order valence-electron chi connectivity index (χ0n) is 15.2. The van der Waals surface area contributed by atoms with Gasteiger partial charge in [-0.05, 0) is 50.2 Å². The Labute approximate surface area is 175 Å². The number of nitrogens with one attached hydrogen (secondary N) is 1. The van der Waals surface area contributed by atoms with Crippen LogP contribution in [0.2, 0.25) is 4.34 Å². The Kier molecular flexibility index (Phi) is 5.26. The summed E-state index contributed by atoms with van der Waals surface area (Å²) in [6.45, 7) is 3.89. The Bertz CT molecular complexity index is 1210. The van der Waals surface area contributed by atoms with Crippen molar-refractivity contribution in [2.45, 2.75) is 13.8 Å². The lowest BCUT2D eigenvalue weighted by Crippen LogP contribution is -2.19. The van der Waals surface area contributed by atoms with Crippen molar-refractivity contribution < 1.29 is 4.79 Å². The molecule has 0 aliphatic carbocycles. The smallest absolute Gasteiger partial charge is 0.267 e. The molecule has 1 aromatic carbocycles. The van der Waals surface area contributed by atoms with E-state index in [9.17, 15) is 4.79 Å². The molecule has 3 aromatic heterocycles. The fourth-order valence-electron chi connectivity index (χ4n) is 2.82. The van der Waals surface area contributed by atoms with Gasteiger partial charge >= 0.3 is 0 Å². The van der Waals surface area contributed by atoms with Crippen molar-refractivity contribution in [1.29, 1.82) is 0 Å². The van der Waals surface area contributed by atoms with Crippen molar-refractivity contribution in [3.8, 4) is 10.6 Å². The van der Waals surface area contributed by atoms with E-state index in [2.05, 4.69) is 23.5 Å². The summed E-state index contributed by atoms with van der Waals surface area (Å²) < 4.78 is 0.687. The van der Waals surface area contributed by atoms with Gasteiger partial charge in [0.15, 0.2) is 0 Å². The van der Waals surface area contributed by atoms with Gasteiger partial charge in [-0.3, -0.25) is 4.79 Å². The average molecular weight is 426 g/mol. The number of aryl methyl sites for hydroxylation is 1. The van der Waals surface area contributed by atoms with Crippen molar-refractivity contribution in [2.24, 2.45) is 5.10 Å². The predicted molar refractivity (Wildman–Crippen MR) is 119 cm³/mol. The summed E-state index contributed by atoms with van der Waals surface area (Å²) in [6.07, 6.45) is 0. The topological polar surface area (TPSA) is 54.4 Å². The molecule has 0 aliphatic rings. The largest absolute Gasteiger partial charge is 0.272 e. The molecule has 0 aliphatic heterocycles. The monoisotopic (exact) mass is 425 g/mol. The van der Waals surface area contributed by atoms with E-state index in [1.54, 1.807) is 11.3 Å². The number of amides is 1. The van der Waals surface area contributed by atoms with Crippen LogP contribution in [-0.4, -0.2) is 16.6 Å². The number of nitrogens with zero attached hydrogens (tertiary/aromatic N) is 2. The van der Waals surface area contributed by atoms with Gasteiger partial charge in [0.1, 0.15) is 0 Å². The highest BCUT2D eigenvalue weighted by Gasteiger charge is 2.15. The molecule has 0 saturated carbocycles. The molecule has 28 heavy (non-hydrogen) atoms. The van der Waals surface area contributed by atoms with Crippen molar-refractivity contribution in [2.75, 3.05) is 0 Å². The summed E-state index contributed by atoms with van der Waals surface area (Å²) in [4.78, 5) is 20.8. The van der Waals surface area contributed by atoms with Gasteiger partial charge in [0.05, 0.1) is 36.6 Å². The third kappa shape index (κ3) is 3.85. The summed E-state index contributed by atoms with van der Waals surface area (Å²) in [5.74, 6) is -0.268. The molecule has 0 atom stereocenters. The number of para-hydroxylation sites is 1. The van der Waals surface area contributed by atoms with Crippen LogP contribution in [0, 0.1) is 6.92 Å². The van der Waals surface area contributed by atoms with E-state index in [-0.39, 0.29) is 5.91 Å². The summed E-state index contributed by atoms with van der Waals surface area (Å²) in [5.41, 5.74) is 5.49. The fraction of sp³-hybridized carbons (Fsp3) is 0.0952. The minimum atomic E-state index is -0.268. The molecule has 4 aromatic rings. The molecule has 7 heteroatoms. The summed E-state index contributed by atoms with van der Waals surface area (Å²) >= 11 is 9.05. The molecule has 3 heterocycles. The molecular formula is C21H16ClN3OS2. The first-order chi connectivity index (χ1) is 13.5. The molecule has 0 spiro atoms. The van der Waals surface area contributed by atoms with Crippen LogP contribution in [0.25, 0.3) is 21.5 Å². The number of pyridine rings is 1. The van der Waals surface area contributed by atoms with Crippen LogP contribution in [0.1, 0.15) is 27.0 Å². The Balaban J connectivity index is 1.71. The number of rotatable bonds is 4. The third-order valence-electron chi connectivity index (χ3n) is 4.21. The summed E-state index contributed by atoms with van der Waals surface area (Å²) in [7, 11) is 0. The van der Waals surface area contributed by atoms with Crippen LogP contribution in [0.5, 0.6) is 0 Å². The minimum absolute atomic E-state index is 0.268. The van der Waals surface area contributed by atoms with E-state index >= 15 is 0 Å². The van der Waals surface area contributed by atoms with Gasteiger partial charge in [0.25, 0.3) is 5.91 Å². The fourth-order valence-corrected chi connectivity index (χ4v) is 4.64. The Morgan fingerprint density at radius 1 is 1.11 bits per heavy atom. The van der Waals surface area contributed by atoms with Crippen LogP contribution < -0.4 is 5.43 Å². The molecule has 140 valence electrons. The van der Waals surface area contributed by atoms with Crippen molar-refractivity contribution >= 4 is 56.8 Å². The van der Waals surface area contributed by atoms with Gasteiger partial charge in [-0.2, -0.15) is 5.10 Å². The molecule has 0 saturated heterocycles. The quantitative estimate of drug-likeness (QED) is 0.315. The normalized spacial score (nSPS) is 11.8. The second kappa shape index (κ2) is 7.83. The number of hydrazone groups is 1. The molecule has 1 N–H and O–H groups in total. The number of aromatic nitrogens is 1. The van der Waals surface area contributed by atoms with Gasteiger partial charge in [0, 0.05) is 10.3 Å². The lowest BCUT2D eigenvalue weighted by atomic mass is 10.1. The van der Waals surface area contributed by atoms with E-state index in [4.69, 9.17) is 16.6 Å². The number of hydrogen-bond acceptors (Lipinski definition) is 5. The minimum Gasteiger partial charge on any atom is -0.267 e. The van der Waals surface area contributed by atoms with Crippen LogP contribution >= 0.6 is 34.3 Å². The number of carbonyl (C=O) groups excluding carboxylic acids is 1. The third-order valence-corrected chi connectivity index (χ3v) is 6.57. The maximum absolute atomic E-state index is 12.9. The summed E-state index contributed by atoms with van der Waals surface area (Å²) in [5, 5.41) is 5.04. The maximum atomic E-state index is 12.9. The van der Waals surface area contributed by atoms with Crippen LogP contribution in [-0.2, 0) is 0 Å². The molecule has 4 rings (SSSR count). The number of halogens is 1. The highest BCUT2D eigenvalue weighted by Crippen LogP contribution is 2.30. The first-order valence-corrected chi connectivity index (χ1v) is 10.6. The predicted octanol–water partition coefficient (Wildman–Crippen LogP) is 6.14. The SMILES string of the molecule is CC(=NNC(=O)c1cc(-c2ccc(C)s2)nc2ccccc12)c1ccc(Cl)s1. The van der Waals surface area contributed by atoms with E-state index in [1.807, 2.05) is 55.5 Å². The molecule has 0 fully saturated rings.